The van der Waals surface area contributed by atoms with Crippen LogP contribution in [0.3, 0.4) is 0 Å². The summed E-state index contributed by atoms with van der Waals surface area (Å²) in [7, 11) is -1.39. The standard InChI is InChI=1S/C14H23NO4S/c1-11-5-6-13(14(9-11)19-8-7-18-3)15-12(2)10-20(4,16)17/h5-6,9,12,15H,7-8,10H2,1-4H3. The lowest BCUT2D eigenvalue weighted by Gasteiger charge is -2.18. The third-order valence-corrected chi connectivity index (χ3v) is 3.74. The van der Waals surface area contributed by atoms with Gasteiger partial charge in [0.15, 0.2) is 0 Å². The van der Waals surface area contributed by atoms with E-state index in [4.69, 9.17) is 9.47 Å². The minimum atomic E-state index is -3.01. The minimum absolute atomic E-state index is 0.0817. The van der Waals surface area contributed by atoms with Crippen molar-refractivity contribution in [3.63, 3.8) is 0 Å². The van der Waals surface area contributed by atoms with E-state index < -0.39 is 9.84 Å². The predicted molar refractivity (Wildman–Crippen MR) is 81.3 cm³/mol. The van der Waals surface area contributed by atoms with E-state index in [2.05, 4.69) is 5.32 Å². The highest BCUT2D eigenvalue weighted by atomic mass is 32.2. The molecule has 1 N–H and O–H groups in total. The van der Waals surface area contributed by atoms with Crippen LogP contribution < -0.4 is 10.1 Å². The summed E-state index contributed by atoms with van der Waals surface area (Å²) in [6, 6.07) is 5.59. The van der Waals surface area contributed by atoms with Crippen LogP contribution in [0, 0.1) is 6.92 Å². The first-order valence-electron chi connectivity index (χ1n) is 6.48. The van der Waals surface area contributed by atoms with Crippen molar-refractivity contribution in [3.05, 3.63) is 23.8 Å². The molecule has 0 spiro atoms. The highest BCUT2D eigenvalue weighted by Crippen LogP contribution is 2.26. The topological polar surface area (TPSA) is 64.6 Å². The van der Waals surface area contributed by atoms with Crippen LogP contribution in [0.1, 0.15) is 12.5 Å². The van der Waals surface area contributed by atoms with Gasteiger partial charge in [-0.1, -0.05) is 6.07 Å². The van der Waals surface area contributed by atoms with Gasteiger partial charge in [-0.3, -0.25) is 0 Å². The Morgan fingerprint density at radius 3 is 2.60 bits per heavy atom. The third-order valence-electron chi connectivity index (χ3n) is 2.64. The number of methoxy groups -OCH3 is 1. The van der Waals surface area contributed by atoms with Crippen LogP contribution in [0.15, 0.2) is 18.2 Å². The molecule has 0 saturated carbocycles. The van der Waals surface area contributed by atoms with Gasteiger partial charge in [0.2, 0.25) is 0 Å². The lowest BCUT2D eigenvalue weighted by Crippen LogP contribution is -2.25. The Morgan fingerprint density at radius 2 is 2.00 bits per heavy atom. The van der Waals surface area contributed by atoms with Crippen molar-refractivity contribution in [2.24, 2.45) is 0 Å². The SMILES string of the molecule is COCCOc1cc(C)ccc1NC(C)CS(C)(=O)=O. The number of aryl methyl sites for hydroxylation is 1. The van der Waals surface area contributed by atoms with E-state index in [9.17, 15) is 8.42 Å². The highest BCUT2D eigenvalue weighted by molar-refractivity contribution is 7.90. The van der Waals surface area contributed by atoms with E-state index >= 15 is 0 Å². The molecule has 0 saturated heterocycles. The second kappa shape index (κ2) is 7.50. The number of rotatable bonds is 8. The predicted octanol–water partition coefficient (Wildman–Crippen LogP) is 1.87. The maximum absolute atomic E-state index is 11.3. The third kappa shape index (κ3) is 6.25. The Morgan fingerprint density at radius 1 is 1.30 bits per heavy atom. The number of anilines is 1. The van der Waals surface area contributed by atoms with Gasteiger partial charge in [0.05, 0.1) is 18.0 Å². The van der Waals surface area contributed by atoms with Crippen LogP contribution >= 0.6 is 0 Å². The van der Waals surface area contributed by atoms with E-state index in [1.165, 1.54) is 6.26 Å². The molecule has 6 heteroatoms. The molecule has 114 valence electrons. The highest BCUT2D eigenvalue weighted by Gasteiger charge is 2.12. The van der Waals surface area contributed by atoms with E-state index in [1.54, 1.807) is 7.11 Å². The van der Waals surface area contributed by atoms with Crippen molar-refractivity contribution in [1.82, 2.24) is 0 Å². The first-order chi connectivity index (χ1) is 9.31. The van der Waals surface area contributed by atoms with E-state index in [0.29, 0.717) is 19.0 Å². The van der Waals surface area contributed by atoms with Gasteiger partial charge in [0.1, 0.15) is 22.2 Å². The number of hydrogen-bond donors (Lipinski definition) is 1. The Labute approximate surface area is 121 Å². The van der Waals surface area contributed by atoms with Crippen LogP contribution in [-0.2, 0) is 14.6 Å². The molecule has 20 heavy (non-hydrogen) atoms. The number of sulfone groups is 1. The van der Waals surface area contributed by atoms with E-state index in [1.807, 2.05) is 32.0 Å². The zero-order valence-corrected chi connectivity index (χ0v) is 13.3. The fourth-order valence-electron chi connectivity index (χ4n) is 1.86. The summed E-state index contributed by atoms with van der Waals surface area (Å²) in [5.74, 6) is 0.792. The second-order valence-electron chi connectivity index (χ2n) is 4.98. The van der Waals surface area contributed by atoms with Crippen LogP contribution in [0.25, 0.3) is 0 Å². The molecule has 5 nitrogen and oxygen atoms in total. The zero-order chi connectivity index (χ0) is 15.2. The average Bonchev–Trinajstić information content (AvgIpc) is 2.30. The second-order valence-corrected chi connectivity index (χ2v) is 7.16. The fraction of sp³-hybridized carbons (Fsp3) is 0.571. The quantitative estimate of drug-likeness (QED) is 0.743. The molecule has 1 atom stereocenters. The summed E-state index contributed by atoms with van der Waals surface area (Å²) >= 11 is 0. The summed E-state index contributed by atoms with van der Waals surface area (Å²) in [5, 5.41) is 3.18. The number of nitrogens with one attached hydrogen (secondary N) is 1. The molecule has 0 aromatic heterocycles. The molecule has 0 aliphatic rings. The Balaban J connectivity index is 2.77. The monoisotopic (exact) mass is 301 g/mol. The lowest BCUT2D eigenvalue weighted by atomic mass is 10.2. The Bertz CT molecular complexity index is 528. The number of ether oxygens (including phenoxy) is 2. The zero-order valence-electron chi connectivity index (χ0n) is 12.5. The lowest BCUT2D eigenvalue weighted by molar-refractivity contribution is 0.146. The molecule has 1 rings (SSSR count). The van der Waals surface area contributed by atoms with Crippen LogP contribution in [-0.4, -0.2) is 46.8 Å². The van der Waals surface area contributed by atoms with Crippen molar-refractivity contribution in [2.45, 2.75) is 19.9 Å². The van der Waals surface area contributed by atoms with Crippen molar-refractivity contribution in [2.75, 3.05) is 37.6 Å². The van der Waals surface area contributed by atoms with Gasteiger partial charge in [0.25, 0.3) is 0 Å². The number of hydrogen-bond acceptors (Lipinski definition) is 5. The van der Waals surface area contributed by atoms with Gasteiger partial charge in [-0.2, -0.15) is 0 Å². The van der Waals surface area contributed by atoms with Crippen LogP contribution in [0.2, 0.25) is 0 Å². The largest absolute Gasteiger partial charge is 0.489 e. The number of benzene rings is 1. The first-order valence-corrected chi connectivity index (χ1v) is 8.54. The van der Waals surface area contributed by atoms with Gasteiger partial charge in [-0.25, -0.2) is 8.42 Å². The summed E-state index contributed by atoms with van der Waals surface area (Å²) in [5.41, 5.74) is 1.88. The summed E-state index contributed by atoms with van der Waals surface area (Å²) in [6.45, 7) is 4.77. The van der Waals surface area contributed by atoms with Gasteiger partial charge >= 0.3 is 0 Å². The average molecular weight is 301 g/mol. The van der Waals surface area contributed by atoms with Crippen LogP contribution in [0.5, 0.6) is 5.75 Å². The normalized spacial score (nSPS) is 13.0. The molecule has 0 radical (unpaired) electrons. The Hall–Kier alpha value is -1.27. The fourth-order valence-corrected chi connectivity index (χ4v) is 2.86. The molecule has 0 bridgehead atoms. The van der Waals surface area contributed by atoms with Crippen molar-refractivity contribution >= 4 is 15.5 Å². The van der Waals surface area contributed by atoms with E-state index in [-0.39, 0.29) is 11.8 Å². The molecular weight excluding hydrogens is 278 g/mol. The maximum atomic E-state index is 11.3. The van der Waals surface area contributed by atoms with Gasteiger partial charge < -0.3 is 14.8 Å². The molecule has 1 aromatic carbocycles. The van der Waals surface area contributed by atoms with Gasteiger partial charge in [0, 0.05) is 19.4 Å². The molecule has 0 amide bonds. The summed E-state index contributed by atoms with van der Waals surface area (Å²) in [6.07, 6.45) is 1.23. The van der Waals surface area contributed by atoms with Gasteiger partial charge in [-0.05, 0) is 31.5 Å². The molecule has 0 fully saturated rings. The smallest absolute Gasteiger partial charge is 0.149 e. The van der Waals surface area contributed by atoms with Crippen molar-refractivity contribution in [3.8, 4) is 5.75 Å². The molecular formula is C14H23NO4S. The van der Waals surface area contributed by atoms with Crippen molar-refractivity contribution in [1.29, 1.82) is 0 Å². The molecule has 1 unspecified atom stereocenters. The summed E-state index contributed by atoms with van der Waals surface area (Å²) < 4.78 is 33.2. The molecule has 0 aliphatic carbocycles. The maximum Gasteiger partial charge on any atom is 0.149 e. The molecule has 1 aromatic rings. The minimum Gasteiger partial charge on any atom is -0.489 e. The van der Waals surface area contributed by atoms with E-state index in [0.717, 1.165) is 11.3 Å². The van der Waals surface area contributed by atoms with Crippen molar-refractivity contribution < 1.29 is 17.9 Å². The Kier molecular flexibility index (Phi) is 6.29. The summed E-state index contributed by atoms with van der Waals surface area (Å²) in [4.78, 5) is 0. The van der Waals surface area contributed by atoms with Gasteiger partial charge in [-0.15, -0.1) is 0 Å². The molecule has 0 aliphatic heterocycles. The first kappa shape index (κ1) is 16.8. The van der Waals surface area contributed by atoms with Crippen LogP contribution in [0.4, 0.5) is 5.69 Å². The molecule has 0 heterocycles.